The third kappa shape index (κ3) is 4.40. The Morgan fingerprint density at radius 2 is 2.00 bits per heavy atom. The van der Waals surface area contributed by atoms with Crippen molar-refractivity contribution < 1.29 is 19.1 Å². The molecule has 160 valence electrons. The molecule has 2 fully saturated rings. The van der Waals surface area contributed by atoms with E-state index in [1.165, 1.54) is 32.3 Å². The molecule has 3 rings (SSSR count). The number of rotatable bonds is 5. The van der Waals surface area contributed by atoms with E-state index in [4.69, 9.17) is 4.74 Å². The summed E-state index contributed by atoms with van der Waals surface area (Å²) in [4.78, 5) is 37.5. The number of hydrogen-bond donors (Lipinski definition) is 1. The van der Waals surface area contributed by atoms with E-state index in [-0.39, 0.29) is 12.1 Å². The summed E-state index contributed by atoms with van der Waals surface area (Å²) in [7, 11) is 0. The molecule has 1 saturated heterocycles. The molecule has 1 N–H and O–H groups in total. The zero-order chi connectivity index (χ0) is 21.8. The van der Waals surface area contributed by atoms with E-state index in [0.717, 1.165) is 34.7 Å². The summed E-state index contributed by atoms with van der Waals surface area (Å²) in [5.41, 5.74) is 2.73. The number of nitrogens with zero attached hydrogens (tertiary/aromatic N) is 3. The van der Waals surface area contributed by atoms with E-state index in [2.05, 4.69) is 9.88 Å². The van der Waals surface area contributed by atoms with E-state index in [1.54, 1.807) is 0 Å². The van der Waals surface area contributed by atoms with Gasteiger partial charge in [-0.15, -0.1) is 0 Å². The third-order valence-electron chi connectivity index (χ3n) is 5.86. The number of aryl methyl sites for hydroxylation is 1. The molecule has 0 unspecified atom stereocenters. The summed E-state index contributed by atoms with van der Waals surface area (Å²) < 4.78 is 7.48. The van der Waals surface area contributed by atoms with Crippen molar-refractivity contribution in [2.75, 3.05) is 13.1 Å². The van der Waals surface area contributed by atoms with Crippen LogP contribution in [0.5, 0.6) is 0 Å². The average Bonchev–Trinajstić information content (AvgIpc) is 3.28. The smallest absolute Gasteiger partial charge is 0.349 e. The number of esters is 1. The second kappa shape index (κ2) is 9.16. The quantitative estimate of drug-likeness (QED) is 0.455. The van der Waals surface area contributed by atoms with Gasteiger partial charge in [0.2, 0.25) is 0 Å². The Kier molecular flexibility index (Phi) is 6.60. The summed E-state index contributed by atoms with van der Waals surface area (Å²) in [5, 5.41) is 12.0. The number of imide groups is 1. The van der Waals surface area contributed by atoms with Gasteiger partial charge in [-0.1, -0.05) is 19.3 Å². The van der Waals surface area contributed by atoms with E-state index < -0.39 is 24.0 Å². The zero-order valence-corrected chi connectivity index (χ0v) is 17.7. The van der Waals surface area contributed by atoms with Crippen LogP contribution in [0, 0.1) is 25.2 Å². The molecule has 3 amide bonds. The molecule has 0 radical (unpaired) electrons. The summed E-state index contributed by atoms with van der Waals surface area (Å²) in [6.45, 7) is 6.02. The van der Waals surface area contributed by atoms with Gasteiger partial charge in [0, 0.05) is 30.5 Å². The van der Waals surface area contributed by atoms with E-state index in [0.29, 0.717) is 12.6 Å². The first-order valence-corrected chi connectivity index (χ1v) is 10.4. The summed E-state index contributed by atoms with van der Waals surface area (Å²) in [6.07, 6.45) is 6.32. The van der Waals surface area contributed by atoms with Gasteiger partial charge in [-0.25, -0.2) is 9.59 Å². The van der Waals surface area contributed by atoms with Crippen LogP contribution in [-0.2, 0) is 14.3 Å². The molecular formula is C22H28N4O4. The van der Waals surface area contributed by atoms with Crippen molar-refractivity contribution in [3.05, 3.63) is 28.6 Å². The normalized spacial score (nSPS) is 18.7. The van der Waals surface area contributed by atoms with E-state index in [1.807, 2.05) is 26.0 Å². The van der Waals surface area contributed by atoms with Gasteiger partial charge in [0.15, 0.2) is 6.10 Å². The number of hydrogen-bond acceptors (Lipinski definition) is 5. The fourth-order valence-electron chi connectivity index (χ4n) is 4.32. The van der Waals surface area contributed by atoms with E-state index >= 15 is 0 Å². The van der Waals surface area contributed by atoms with Gasteiger partial charge < -0.3 is 14.6 Å². The van der Waals surface area contributed by atoms with Crippen molar-refractivity contribution in [2.24, 2.45) is 0 Å². The highest BCUT2D eigenvalue weighted by Crippen LogP contribution is 2.32. The van der Waals surface area contributed by atoms with Gasteiger partial charge in [0.1, 0.15) is 11.6 Å². The van der Waals surface area contributed by atoms with Crippen LogP contribution in [0.4, 0.5) is 4.79 Å². The van der Waals surface area contributed by atoms with Gasteiger partial charge in [0.05, 0.1) is 0 Å². The Bertz CT molecular complexity index is 918. The number of nitrogens with one attached hydrogen (secondary N) is 1. The maximum atomic E-state index is 12.5. The van der Waals surface area contributed by atoms with Crippen LogP contribution in [0.3, 0.4) is 0 Å². The molecule has 1 atom stereocenters. The van der Waals surface area contributed by atoms with Crippen LogP contribution in [-0.4, -0.2) is 46.6 Å². The van der Waals surface area contributed by atoms with Gasteiger partial charge >= 0.3 is 12.0 Å². The highest BCUT2D eigenvalue weighted by molar-refractivity contribution is 6.02. The minimum absolute atomic E-state index is 0.176. The lowest BCUT2D eigenvalue weighted by molar-refractivity contribution is -0.153. The first-order chi connectivity index (χ1) is 14.3. The van der Waals surface area contributed by atoms with Crippen LogP contribution in [0.1, 0.15) is 62.0 Å². The molecular weight excluding hydrogens is 384 g/mol. The Morgan fingerprint density at radius 3 is 2.60 bits per heavy atom. The number of carbonyl (C=O) groups excluding carboxylic acids is 3. The largest absolute Gasteiger partial charge is 0.448 e. The number of amides is 3. The van der Waals surface area contributed by atoms with Gasteiger partial charge in [-0.3, -0.25) is 9.69 Å². The Labute approximate surface area is 176 Å². The van der Waals surface area contributed by atoms with Crippen molar-refractivity contribution >= 4 is 24.0 Å². The Morgan fingerprint density at radius 1 is 1.30 bits per heavy atom. The van der Waals surface area contributed by atoms with Crippen LogP contribution in [0.2, 0.25) is 0 Å². The molecule has 1 aliphatic carbocycles. The number of urea groups is 1. The fraction of sp³-hybridized carbons (Fsp3) is 0.545. The highest BCUT2D eigenvalue weighted by atomic mass is 16.5. The number of carbonyl (C=O) groups is 3. The lowest BCUT2D eigenvalue weighted by atomic mass is 9.95. The third-order valence-corrected chi connectivity index (χ3v) is 5.86. The second-order valence-electron chi connectivity index (χ2n) is 7.93. The number of aromatic nitrogens is 1. The van der Waals surface area contributed by atoms with Gasteiger partial charge in [-0.05, 0) is 51.3 Å². The van der Waals surface area contributed by atoms with Crippen molar-refractivity contribution in [3.63, 3.8) is 0 Å². The van der Waals surface area contributed by atoms with Crippen LogP contribution in [0.15, 0.2) is 11.6 Å². The molecule has 2 heterocycles. The number of ether oxygens (including phenoxy) is 1. The summed E-state index contributed by atoms with van der Waals surface area (Å²) >= 11 is 0. The van der Waals surface area contributed by atoms with Gasteiger partial charge in [-0.2, -0.15) is 5.26 Å². The number of nitriles is 1. The molecule has 2 aliphatic rings. The Balaban J connectivity index is 1.75. The Hall–Kier alpha value is -3.08. The maximum Gasteiger partial charge on any atom is 0.349 e. The maximum absolute atomic E-state index is 12.5. The summed E-state index contributed by atoms with van der Waals surface area (Å²) in [5.74, 6) is -1.48. The first-order valence-electron chi connectivity index (χ1n) is 10.4. The van der Waals surface area contributed by atoms with Crippen LogP contribution >= 0.6 is 0 Å². The van der Waals surface area contributed by atoms with Crippen molar-refractivity contribution in [1.82, 2.24) is 14.8 Å². The first kappa shape index (κ1) is 21.6. The van der Waals surface area contributed by atoms with Crippen molar-refractivity contribution in [1.29, 1.82) is 5.26 Å². The predicted octanol–water partition coefficient (Wildman–Crippen LogP) is 3.00. The molecule has 0 aromatic carbocycles. The topological polar surface area (TPSA) is 104 Å². The SMILES string of the molecule is Cc1cc(/C=C(\C#N)C(=O)O[C@@H](C)C(=O)N2CCNC2=O)c(C)n1C1CCCCC1. The fourth-order valence-corrected chi connectivity index (χ4v) is 4.32. The molecule has 1 aromatic heterocycles. The molecule has 8 nitrogen and oxygen atoms in total. The van der Waals surface area contributed by atoms with Crippen LogP contribution in [0.25, 0.3) is 6.08 Å². The minimum atomic E-state index is -1.16. The van der Waals surface area contributed by atoms with Gasteiger partial charge in [0.25, 0.3) is 5.91 Å². The molecule has 1 saturated carbocycles. The minimum Gasteiger partial charge on any atom is -0.448 e. The highest BCUT2D eigenvalue weighted by Gasteiger charge is 2.32. The van der Waals surface area contributed by atoms with E-state index in [9.17, 15) is 19.6 Å². The van der Waals surface area contributed by atoms with Crippen molar-refractivity contribution in [3.8, 4) is 6.07 Å². The van der Waals surface area contributed by atoms with Crippen LogP contribution < -0.4 is 5.32 Å². The predicted molar refractivity (Wildman–Crippen MR) is 110 cm³/mol. The molecule has 1 aliphatic heterocycles. The van der Waals surface area contributed by atoms with Crippen molar-refractivity contribution in [2.45, 2.75) is 65.0 Å². The lowest BCUT2D eigenvalue weighted by Crippen LogP contribution is -2.41. The molecule has 0 spiro atoms. The monoisotopic (exact) mass is 412 g/mol. The molecule has 0 bridgehead atoms. The second-order valence-corrected chi connectivity index (χ2v) is 7.93. The molecule has 30 heavy (non-hydrogen) atoms. The molecule has 1 aromatic rings. The zero-order valence-electron chi connectivity index (χ0n) is 17.7. The average molecular weight is 412 g/mol. The standard InChI is InChI=1S/C22H28N4O4/c1-14-11-17(15(2)26(14)19-7-5-4-6-8-19)12-18(13-23)21(28)30-16(3)20(27)25-10-9-24-22(25)29/h11-12,16,19H,4-10H2,1-3H3,(H,24,29)/b18-12+/t16-/m0/s1. The lowest BCUT2D eigenvalue weighted by Gasteiger charge is -2.26. The summed E-state index contributed by atoms with van der Waals surface area (Å²) in [6, 6.07) is 3.79. The molecule has 8 heteroatoms.